The van der Waals surface area contributed by atoms with Gasteiger partial charge in [-0.25, -0.2) is 19.3 Å². The highest BCUT2D eigenvalue weighted by atomic mass is 32.5. The molecule has 338 valence electrons. The number of nitrogens with zero attached hydrogens (tertiary/aromatic N) is 5. The Morgan fingerprint density at radius 2 is 1.77 bits per heavy atom. The summed E-state index contributed by atoms with van der Waals surface area (Å²) in [5.41, 5.74) is -1.80. The zero-order chi connectivity index (χ0) is 44.5. The molecule has 6 rings (SSSR count). The maximum absolute atomic E-state index is 15.7. The molecule has 0 spiro atoms. The zero-order valence-corrected chi connectivity index (χ0v) is 40.7. The first-order valence-corrected chi connectivity index (χ1v) is 29.4. The van der Waals surface area contributed by atoms with Gasteiger partial charge in [-0.15, -0.1) is 0 Å². The standard InChI is InChI=1S/C36H55FN6O12P2S2Si2/c1-21(2)60(46,22(3)4)55-61(23(5)6,24(7)8)54-32-29-18-48-56(45,58)52-28-15-26(50-30-10-12-39-19-40-30)14-25(28)17-49-57(59,47-13-9-11-38)53-33(32)36(51-29)43-16-27(37)31-34(43)41-20-42-35(31)44/h10,12,16,19-26,28-29,32-33,36,46H,9,13-15,17-18H2,1-8H3,(H,45,58)(H,41,42,44)/t25-,26-,28+,29-,32-,33-,36-,56?,57-/m1/s1. The average Bonchev–Trinajstić information content (AvgIpc) is 3.84. The van der Waals surface area contributed by atoms with E-state index in [4.69, 9.17) is 64.2 Å². The highest BCUT2D eigenvalue weighted by Crippen LogP contribution is 2.58. The van der Waals surface area contributed by atoms with Gasteiger partial charge in [0.05, 0.1) is 44.7 Å². The van der Waals surface area contributed by atoms with Gasteiger partial charge in [0.1, 0.15) is 36.1 Å². The first kappa shape index (κ1) is 48.5. The second kappa shape index (κ2) is 19.7. The lowest BCUT2D eigenvalue weighted by molar-refractivity contribution is -0.0520. The molecule has 9 atom stereocenters. The molecule has 3 fully saturated rings. The third kappa shape index (κ3) is 10.6. The van der Waals surface area contributed by atoms with Gasteiger partial charge in [0.15, 0.2) is 17.7 Å². The summed E-state index contributed by atoms with van der Waals surface area (Å²) in [7, 11) is -7.17. The summed E-state index contributed by atoms with van der Waals surface area (Å²) in [5, 5.41) is 9.16. The number of hydrogen-bond acceptors (Lipinski definition) is 17. The summed E-state index contributed by atoms with van der Waals surface area (Å²) in [6.07, 6.45) is -0.495. The van der Waals surface area contributed by atoms with Crippen LogP contribution < -0.4 is 10.3 Å². The molecule has 3 aliphatic rings. The Hall–Kier alpha value is -1.95. The summed E-state index contributed by atoms with van der Waals surface area (Å²) in [6, 6.07) is 3.67. The van der Waals surface area contributed by atoms with E-state index in [-0.39, 0.29) is 59.3 Å². The van der Waals surface area contributed by atoms with E-state index in [1.807, 2.05) is 61.5 Å². The molecule has 2 aliphatic heterocycles. The van der Waals surface area contributed by atoms with E-state index in [2.05, 4.69) is 19.9 Å². The van der Waals surface area contributed by atoms with Crippen LogP contribution in [0.15, 0.2) is 35.9 Å². The van der Waals surface area contributed by atoms with Crippen LogP contribution in [-0.4, -0.2) is 102 Å². The van der Waals surface area contributed by atoms with Gasteiger partial charge in [0, 0.05) is 30.8 Å². The van der Waals surface area contributed by atoms with Gasteiger partial charge < -0.3 is 55.4 Å². The van der Waals surface area contributed by atoms with Gasteiger partial charge in [0.25, 0.3) is 5.56 Å². The van der Waals surface area contributed by atoms with Crippen molar-refractivity contribution in [3.8, 4) is 11.9 Å². The van der Waals surface area contributed by atoms with Gasteiger partial charge in [-0.1, -0.05) is 55.4 Å². The molecular formula is C36H55FN6O12P2S2Si2. The van der Waals surface area contributed by atoms with Crippen LogP contribution in [0.3, 0.4) is 0 Å². The molecule has 3 aromatic rings. The van der Waals surface area contributed by atoms with Crippen LogP contribution in [-0.2, 0) is 59.5 Å². The Morgan fingerprint density at radius 1 is 1.05 bits per heavy atom. The highest BCUT2D eigenvalue weighted by molar-refractivity contribution is 8.07. The molecule has 2 bridgehead atoms. The molecule has 18 nitrogen and oxygen atoms in total. The van der Waals surface area contributed by atoms with E-state index in [1.54, 1.807) is 12.3 Å². The second-order valence-electron chi connectivity index (χ2n) is 16.6. The summed E-state index contributed by atoms with van der Waals surface area (Å²) in [4.78, 5) is 51.7. The topological polar surface area (TPSA) is 224 Å². The maximum atomic E-state index is 15.7. The van der Waals surface area contributed by atoms with Crippen molar-refractivity contribution in [2.24, 2.45) is 5.92 Å². The number of hydrogen-bond donors (Lipinski definition) is 3. The lowest BCUT2D eigenvalue weighted by atomic mass is 10.1. The number of ether oxygens (including phenoxy) is 2. The fraction of sp³-hybridized carbons (Fsp3) is 0.694. The van der Waals surface area contributed by atoms with Gasteiger partial charge >= 0.3 is 30.6 Å². The Balaban J connectivity index is 1.48. The Labute approximate surface area is 366 Å². The number of aromatic nitrogens is 5. The van der Waals surface area contributed by atoms with Gasteiger partial charge in [-0.3, -0.25) is 9.32 Å². The molecule has 1 unspecified atom stereocenters. The van der Waals surface area contributed by atoms with Crippen molar-refractivity contribution in [3.05, 3.63) is 47.3 Å². The minimum absolute atomic E-state index is 0.0537. The van der Waals surface area contributed by atoms with Crippen LogP contribution in [0.25, 0.3) is 11.0 Å². The minimum Gasteiger partial charge on any atom is -0.474 e. The fourth-order valence-electron chi connectivity index (χ4n) is 8.10. The number of H-pyrrole nitrogens is 1. The Morgan fingerprint density at radius 3 is 2.41 bits per heavy atom. The van der Waals surface area contributed by atoms with E-state index in [1.165, 1.54) is 10.9 Å². The molecule has 3 aromatic heterocycles. The lowest BCUT2D eigenvalue weighted by Gasteiger charge is -2.47. The number of aromatic amines is 1. The molecule has 1 saturated carbocycles. The zero-order valence-electron chi connectivity index (χ0n) is 35.3. The predicted molar refractivity (Wildman–Crippen MR) is 232 cm³/mol. The number of nitriles is 1. The molecule has 25 heteroatoms. The van der Waals surface area contributed by atoms with Crippen molar-refractivity contribution >= 4 is 65.2 Å². The molecule has 0 amide bonds. The van der Waals surface area contributed by atoms with Gasteiger partial charge in [-0.05, 0) is 52.2 Å². The van der Waals surface area contributed by atoms with Crippen molar-refractivity contribution in [1.29, 1.82) is 5.26 Å². The monoisotopic (exact) mass is 964 g/mol. The summed E-state index contributed by atoms with van der Waals surface area (Å²) in [5.74, 6) is -1.02. The van der Waals surface area contributed by atoms with Crippen LogP contribution in [0.1, 0.15) is 80.9 Å². The molecule has 3 N–H and O–H groups in total. The Kier molecular flexibility index (Phi) is 15.6. The quantitative estimate of drug-likeness (QED) is 0.0889. The van der Waals surface area contributed by atoms with E-state index in [0.29, 0.717) is 12.3 Å². The number of halogens is 1. The van der Waals surface area contributed by atoms with Crippen LogP contribution in [0, 0.1) is 23.1 Å². The molecular weight excluding hydrogens is 910 g/mol. The first-order chi connectivity index (χ1) is 28.7. The van der Waals surface area contributed by atoms with Crippen molar-refractivity contribution < 1.29 is 54.7 Å². The van der Waals surface area contributed by atoms with E-state index in [0.717, 1.165) is 12.5 Å². The molecule has 2 saturated heterocycles. The van der Waals surface area contributed by atoms with E-state index in [9.17, 15) is 19.7 Å². The van der Waals surface area contributed by atoms with Crippen molar-refractivity contribution in [2.75, 3.05) is 19.8 Å². The number of rotatable bonds is 14. The van der Waals surface area contributed by atoms with Crippen LogP contribution >= 0.6 is 13.4 Å². The lowest BCUT2D eigenvalue weighted by Crippen LogP contribution is -2.62. The second-order valence-corrected chi connectivity index (χ2v) is 31.0. The molecule has 1 aliphatic carbocycles. The third-order valence-corrected chi connectivity index (χ3v) is 25.0. The summed E-state index contributed by atoms with van der Waals surface area (Å²) >= 11 is 11.8. The number of nitrogens with one attached hydrogen (secondary N) is 1. The van der Waals surface area contributed by atoms with E-state index >= 15 is 4.39 Å². The van der Waals surface area contributed by atoms with Crippen molar-refractivity contribution in [2.45, 2.75) is 134 Å². The van der Waals surface area contributed by atoms with Gasteiger partial charge in [0.2, 0.25) is 5.88 Å². The first-order valence-electron chi connectivity index (χ1n) is 20.2. The summed E-state index contributed by atoms with van der Waals surface area (Å²) < 4.78 is 76.2. The highest BCUT2D eigenvalue weighted by Gasteiger charge is 2.60. The fourth-order valence-corrected chi connectivity index (χ4v) is 21.6. The molecule has 61 heavy (non-hydrogen) atoms. The molecule has 0 radical (unpaired) electrons. The Bertz CT molecular complexity index is 2170. The van der Waals surface area contributed by atoms with Gasteiger partial charge in [-0.2, -0.15) is 5.26 Å². The molecule has 5 heterocycles. The molecule has 0 aromatic carbocycles. The van der Waals surface area contributed by atoms with E-state index < -0.39 is 91.2 Å². The largest absolute Gasteiger partial charge is 0.474 e. The third-order valence-electron chi connectivity index (χ3n) is 11.3. The average molecular weight is 965 g/mol. The van der Waals surface area contributed by atoms with Crippen LogP contribution in [0.4, 0.5) is 4.39 Å². The predicted octanol–water partition coefficient (Wildman–Crippen LogP) is 6.52. The van der Waals surface area contributed by atoms with Crippen LogP contribution in [0.2, 0.25) is 22.2 Å². The SMILES string of the molecule is CC(C)[Si](O)(O[Si](O[C@H]1[C@H]2O[P@@](=S)(OCCC#N)OC[C@H]3C[C@@H](Oc4ccncn4)C[C@@H]3OP(O)(=S)OC[C@H]1O[C@H]2n1cc(F)c2c(=O)[nH]cnc21)(C(C)C)C(C)C)C(C)C. The smallest absolute Gasteiger partial charge is 0.335 e. The normalized spacial score (nSPS) is 30.4. The van der Waals surface area contributed by atoms with Crippen molar-refractivity contribution in [3.63, 3.8) is 0 Å². The maximum Gasteiger partial charge on any atom is 0.335 e. The van der Waals surface area contributed by atoms with Crippen molar-refractivity contribution in [1.82, 2.24) is 24.5 Å². The minimum atomic E-state index is -4.07. The van der Waals surface area contributed by atoms with Crippen LogP contribution in [0.5, 0.6) is 5.88 Å². The number of fused-ring (bicyclic) bond motifs is 4. The summed E-state index contributed by atoms with van der Waals surface area (Å²) in [6.45, 7) is 6.82.